The Morgan fingerprint density at radius 1 is 1.12 bits per heavy atom. The van der Waals surface area contributed by atoms with Crippen LogP contribution in [0.3, 0.4) is 0 Å². The van der Waals surface area contributed by atoms with E-state index in [1.165, 1.54) is 30.5 Å². The third kappa shape index (κ3) is 6.06. The van der Waals surface area contributed by atoms with Crippen molar-refractivity contribution in [3.63, 3.8) is 0 Å². The van der Waals surface area contributed by atoms with Gasteiger partial charge in [0.25, 0.3) is 0 Å². The molecule has 1 fully saturated rings. The van der Waals surface area contributed by atoms with Crippen LogP contribution < -0.4 is 17.3 Å². The summed E-state index contributed by atoms with van der Waals surface area (Å²) in [6, 6.07) is 9.33. The van der Waals surface area contributed by atoms with Crippen molar-refractivity contribution in [2.24, 2.45) is 5.92 Å². The Morgan fingerprint density at radius 2 is 1.67 bits per heavy atom. The number of quaternary nitrogens is 1. The largest absolute Gasteiger partial charge is 1.00 e. The average molecular weight is 354 g/mol. The number of halogens is 1. The van der Waals surface area contributed by atoms with Crippen LogP contribution in [0.4, 0.5) is 0 Å². The second-order valence-electron chi connectivity index (χ2n) is 8.36. The van der Waals surface area contributed by atoms with Crippen molar-refractivity contribution in [2.75, 3.05) is 19.6 Å². The molecule has 1 aromatic rings. The molecule has 2 rings (SSSR count). The molecule has 1 aliphatic rings. The molecule has 1 aliphatic heterocycles. The zero-order valence-electron chi connectivity index (χ0n) is 16.4. The SMILES string of the molecule is CCC(C)(C)c1ccc(CC(C)C[NH+]2CC(C)OC(C)C2)cc1.[Cl-]. The van der Waals surface area contributed by atoms with Crippen LogP contribution in [0.25, 0.3) is 0 Å². The fourth-order valence-corrected chi connectivity index (χ4v) is 3.82. The van der Waals surface area contributed by atoms with Gasteiger partial charge in [0.05, 0.1) is 6.54 Å². The van der Waals surface area contributed by atoms with E-state index < -0.39 is 0 Å². The van der Waals surface area contributed by atoms with E-state index in [-0.39, 0.29) is 17.8 Å². The second kappa shape index (κ2) is 9.22. The van der Waals surface area contributed by atoms with E-state index in [9.17, 15) is 0 Å². The molecular weight excluding hydrogens is 318 g/mol. The second-order valence-corrected chi connectivity index (χ2v) is 8.36. The minimum atomic E-state index is 0. The Bertz CT molecular complexity index is 475. The van der Waals surface area contributed by atoms with Crippen LogP contribution >= 0.6 is 0 Å². The quantitative estimate of drug-likeness (QED) is 0.774. The van der Waals surface area contributed by atoms with Crippen LogP contribution in [0, 0.1) is 5.92 Å². The lowest BCUT2D eigenvalue weighted by atomic mass is 9.82. The highest BCUT2D eigenvalue weighted by atomic mass is 35.5. The molecule has 3 atom stereocenters. The van der Waals surface area contributed by atoms with E-state index in [4.69, 9.17) is 4.74 Å². The lowest BCUT2D eigenvalue weighted by Crippen LogP contribution is -3.16. The van der Waals surface area contributed by atoms with E-state index in [0.717, 1.165) is 13.1 Å². The molecule has 0 aliphatic carbocycles. The zero-order valence-corrected chi connectivity index (χ0v) is 17.1. The smallest absolute Gasteiger partial charge is 0.104 e. The standard InChI is InChI=1S/C21H35NO.ClH/c1-7-21(5,6)20-10-8-19(9-11-20)12-16(2)13-22-14-17(3)23-18(4)15-22;/h8-11,16-18H,7,12-15H2,1-6H3;1H. The summed E-state index contributed by atoms with van der Waals surface area (Å²) in [5.74, 6) is 0.715. The molecule has 0 aromatic heterocycles. The highest BCUT2D eigenvalue weighted by Crippen LogP contribution is 2.27. The summed E-state index contributed by atoms with van der Waals surface area (Å²) in [5.41, 5.74) is 3.22. The van der Waals surface area contributed by atoms with Crippen LogP contribution in [0.2, 0.25) is 0 Å². The van der Waals surface area contributed by atoms with Gasteiger partial charge in [-0.15, -0.1) is 0 Å². The van der Waals surface area contributed by atoms with E-state index in [1.807, 2.05) is 0 Å². The molecule has 1 aromatic carbocycles. The minimum Gasteiger partial charge on any atom is -1.00 e. The fraction of sp³-hybridized carbons (Fsp3) is 0.714. The molecule has 1 heterocycles. The number of rotatable bonds is 6. The molecule has 24 heavy (non-hydrogen) atoms. The Kier molecular flexibility index (Phi) is 8.25. The summed E-state index contributed by atoms with van der Waals surface area (Å²) in [6.45, 7) is 17.3. The van der Waals surface area contributed by atoms with Gasteiger partial charge in [-0.1, -0.05) is 52.0 Å². The van der Waals surface area contributed by atoms with Crippen molar-refractivity contribution in [3.8, 4) is 0 Å². The summed E-state index contributed by atoms with van der Waals surface area (Å²) >= 11 is 0. The van der Waals surface area contributed by atoms with Gasteiger partial charge in [0, 0.05) is 5.92 Å². The van der Waals surface area contributed by atoms with Crippen molar-refractivity contribution in [3.05, 3.63) is 35.4 Å². The van der Waals surface area contributed by atoms with Crippen molar-refractivity contribution >= 4 is 0 Å². The molecule has 0 spiro atoms. The van der Waals surface area contributed by atoms with Crippen molar-refractivity contribution in [2.45, 2.75) is 72.0 Å². The summed E-state index contributed by atoms with van der Waals surface area (Å²) in [4.78, 5) is 1.70. The molecule has 138 valence electrons. The zero-order chi connectivity index (χ0) is 17.0. The number of hydrogen-bond acceptors (Lipinski definition) is 1. The summed E-state index contributed by atoms with van der Waals surface area (Å²) < 4.78 is 5.85. The first kappa shape index (κ1) is 21.5. The summed E-state index contributed by atoms with van der Waals surface area (Å²) in [7, 11) is 0. The van der Waals surface area contributed by atoms with Crippen LogP contribution in [-0.2, 0) is 16.6 Å². The topological polar surface area (TPSA) is 13.7 Å². The molecule has 0 radical (unpaired) electrons. The van der Waals surface area contributed by atoms with E-state index in [0.29, 0.717) is 18.1 Å². The van der Waals surface area contributed by atoms with Gasteiger partial charge in [0.15, 0.2) is 0 Å². The summed E-state index contributed by atoms with van der Waals surface area (Å²) in [6.07, 6.45) is 3.16. The van der Waals surface area contributed by atoms with Gasteiger partial charge in [-0.05, 0) is 43.2 Å². The molecule has 3 heteroatoms. The maximum absolute atomic E-state index is 5.85. The molecule has 0 amide bonds. The first-order chi connectivity index (χ1) is 10.8. The molecule has 2 nitrogen and oxygen atoms in total. The Hall–Kier alpha value is -0.570. The first-order valence-corrected chi connectivity index (χ1v) is 9.38. The normalized spacial score (nSPS) is 25.8. The van der Waals surface area contributed by atoms with Crippen LogP contribution in [0.5, 0.6) is 0 Å². The first-order valence-electron chi connectivity index (χ1n) is 9.38. The highest BCUT2D eigenvalue weighted by molar-refractivity contribution is 5.28. The van der Waals surface area contributed by atoms with Gasteiger partial charge in [-0.25, -0.2) is 0 Å². The molecular formula is C21H36ClNO. The third-order valence-electron chi connectivity index (χ3n) is 5.46. The summed E-state index contributed by atoms with van der Waals surface area (Å²) in [5, 5.41) is 0. The average Bonchev–Trinajstić information content (AvgIpc) is 2.46. The Morgan fingerprint density at radius 3 is 2.17 bits per heavy atom. The Balaban J connectivity index is 0.00000288. The predicted octanol–water partition coefficient (Wildman–Crippen LogP) is 0.249. The van der Waals surface area contributed by atoms with Gasteiger partial charge in [-0.3, -0.25) is 0 Å². The number of benzene rings is 1. The van der Waals surface area contributed by atoms with Gasteiger partial charge >= 0.3 is 0 Å². The van der Waals surface area contributed by atoms with Gasteiger partial charge < -0.3 is 22.0 Å². The van der Waals surface area contributed by atoms with Crippen LogP contribution in [0.15, 0.2) is 24.3 Å². The molecule has 0 bridgehead atoms. The van der Waals surface area contributed by atoms with Crippen molar-refractivity contribution in [1.29, 1.82) is 0 Å². The molecule has 3 unspecified atom stereocenters. The lowest BCUT2D eigenvalue weighted by molar-refractivity contribution is -0.918. The van der Waals surface area contributed by atoms with Crippen LogP contribution in [-0.4, -0.2) is 31.8 Å². The maximum Gasteiger partial charge on any atom is 0.104 e. The number of ether oxygens (including phenoxy) is 1. The third-order valence-corrected chi connectivity index (χ3v) is 5.46. The monoisotopic (exact) mass is 353 g/mol. The maximum atomic E-state index is 5.85. The van der Waals surface area contributed by atoms with Crippen LogP contribution in [0.1, 0.15) is 59.1 Å². The van der Waals surface area contributed by atoms with E-state index in [1.54, 1.807) is 4.90 Å². The van der Waals surface area contributed by atoms with Crippen molar-refractivity contribution < 1.29 is 22.0 Å². The van der Waals surface area contributed by atoms with E-state index >= 15 is 0 Å². The molecule has 1 N–H and O–H groups in total. The number of hydrogen-bond donors (Lipinski definition) is 1. The Labute approximate surface area is 155 Å². The number of nitrogens with one attached hydrogen (secondary N) is 1. The fourth-order valence-electron chi connectivity index (χ4n) is 3.82. The van der Waals surface area contributed by atoms with Gasteiger partial charge in [0.1, 0.15) is 25.3 Å². The lowest BCUT2D eigenvalue weighted by Gasteiger charge is -2.33. The predicted molar refractivity (Wildman–Crippen MR) is 98.2 cm³/mol. The van der Waals surface area contributed by atoms with Gasteiger partial charge in [0.2, 0.25) is 0 Å². The minimum absolute atomic E-state index is 0. The number of morpholine rings is 1. The van der Waals surface area contributed by atoms with Gasteiger partial charge in [-0.2, -0.15) is 0 Å². The highest BCUT2D eigenvalue weighted by Gasteiger charge is 2.26. The molecule has 1 saturated heterocycles. The van der Waals surface area contributed by atoms with E-state index in [2.05, 4.69) is 65.8 Å². The molecule has 0 saturated carbocycles. The van der Waals surface area contributed by atoms with Crippen molar-refractivity contribution in [1.82, 2.24) is 0 Å².